The summed E-state index contributed by atoms with van der Waals surface area (Å²) >= 11 is 0. The summed E-state index contributed by atoms with van der Waals surface area (Å²) in [6, 6.07) is 59.7. The van der Waals surface area contributed by atoms with Crippen LogP contribution in [0.3, 0.4) is 0 Å². The van der Waals surface area contributed by atoms with E-state index in [4.69, 9.17) is 8.83 Å². The summed E-state index contributed by atoms with van der Waals surface area (Å²) in [5.41, 5.74) is 13.6. The van der Waals surface area contributed by atoms with Crippen LogP contribution in [0.25, 0.3) is 65.4 Å². The Kier molecular flexibility index (Phi) is 8.39. The predicted octanol–water partition coefficient (Wildman–Crippen LogP) is 15.7. The third-order valence-electron chi connectivity index (χ3n) is 12.2. The fourth-order valence-corrected chi connectivity index (χ4v) is 9.15. The van der Waals surface area contributed by atoms with Gasteiger partial charge in [0.25, 0.3) is 0 Å². The van der Waals surface area contributed by atoms with Gasteiger partial charge in [0.15, 0.2) is 11.2 Å². The van der Waals surface area contributed by atoms with Crippen molar-refractivity contribution >= 4 is 99.5 Å². The Morgan fingerprint density at radius 2 is 0.839 bits per heavy atom. The summed E-state index contributed by atoms with van der Waals surface area (Å²) in [6.45, 7) is 8.49. The highest BCUT2D eigenvalue weighted by atomic mass is 16.3. The van der Waals surface area contributed by atoms with E-state index < -0.39 is 0 Å². The summed E-state index contributed by atoms with van der Waals surface area (Å²) in [5.74, 6) is 0. The first kappa shape index (κ1) is 36.7. The molecule has 0 saturated heterocycles. The minimum absolute atomic E-state index is 0.270. The van der Waals surface area contributed by atoms with Crippen molar-refractivity contribution in [3.63, 3.8) is 0 Å². The molecule has 294 valence electrons. The van der Waals surface area contributed by atoms with E-state index in [0.29, 0.717) is 38.7 Å². The Bertz CT molecular complexity index is 3490. The summed E-state index contributed by atoms with van der Waals surface area (Å²) < 4.78 is 13.2. The molecule has 0 atom stereocenters. The molecule has 11 aromatic rings. The van der Waals surface area contributed by atoms with Crippen LogP contribution >= 0.6 is 0 Å². The van der Waals surface area contributed by atoms with Crippen molar-refractivity contribution in [2.75, 3.05) is 9.80 Å². The fraction of sp³-hybridized carbons (Fsp3) is 0.0714. The van der Waals surface area contributed by atoms with Gasteiger partial charge in [-0.2, -0.15) is 10.5 Å². The van der Waals surface area contributed by atoms with Gasteiger partial charge in [0.2, 0.25) is 0 Å². The Balaban J connectivity index is 1.08. The lowest BCUT2D eigenvalue weighted by atomic mass is 9.96. The molecule has 0 spiro atoms. The lowest BCUT2D eigenvalue weighted by molar-refractivity contribution is 0.654. The largest absolute Gasteiger partial charge is 0.454 e. The van der Waals surface area contributed by atoms with Crippen LogP contribution in [0.2, 0.25) is 0 Å². The molecule has 0 aliphatic carbocycles. The van der Waals surface area contributed by atoms with Crippen molar-refractivity contribution in [3.05, 3.63) is 191 Å². The molecule has 9 aromatic carbocycles. The van der Waals surface area contributed by atoms with E-state index in [2.05, 4.69) is 183 Å². The van der Waals surface area contributed by atoms with E-state index in [1.165, 1.54) is 11.1 Å². The smallest absolute Gasteiger partial charge is 0.158 e. The number of hydrogen-bond acceptors (Lipinski definition) is 6. The molecule has 0 radical (unpaired) electrons. The van der Waals surface area contributed by atoms with Crippen molar-refractivity contribution in [1.82, 2.24) is 0 Å². The molecule has 0 aliphatic rings. The second kappa shape index (κ2) is 14.2. The first-order valence-corrected chi connectivity index (χ1v) is 20.7. The summed E-state index contributed by atoms with van der Waals surface area (Å²) in [4.78, 5) is 4.56. The molecule has 2 heterocycles. The van der Waals surface area contributed by atoms with Gasteiger partial charge >= 0.3 is 0 Å². The van der Waals surface area contributed by atoms with Gasteiger partial charge in [-0.15, -0.1) is 0 Å². The Morgan fingerprint density at radius 3 is 1.26 bits per heavy atom. The lowest BCUT2D eigenvalue weighted by Crippen LogP contribution is -2.11. The van der Waals surface area contributed by atoms with Crippen LogP contribution in [0.5, 0.6) is 0 Å². The average Bonchev–Trinajstić information content (AvgIpc) is 3.84. The highest BCUT2D eigenvalue weighted by Gasteiger charge is 2.26. The number of para-hydroxylation sites is 2. The average molecular weight is 799 g/mol. The number of nitrogens with zero attached hydrogens (tertiary/aromatic N) is 4. The van der Waals surface area contributed by atoms with Gasteiger partial charge in [-0.25, -0.2) is 0 Å². The van der Waals surface area contributed by atoms with Crippen LogP contribution in [0.1, 0.15) is 33.4 Å². The first-order chi connectivity index (χ1) is 30.3. The zero-order chi connectivity index (χ0) is 42.2. The monoisotopic (exact) mass is 798 g/mol. The van der Waals surface area contributed by atoms with Gasteiger partial charge in [-0.1, -0.05) is 72.8 Å². The number of anilines is 6. The molecule has 0 unspecified atom stereocenters. The normalized spacial score (nSPS) is 11.5. The molecule has 0 fully saturated rings. The molecule has 6 nitrogen and oxygen atoms in total. The second-order valence-corrected chi connectivity index (χ2v) is 16.3. The number of nitriles is 2. The van der Waals surface area contributed by atoms with Crippen molar-refractivity contribution in [1.29, 1.82) is 10.5 Å². The van der Waals surface area contributed by atoms with Gasteiger partial charge in [0.05, 0.1) is 5.56 Å². The molecule has 6 heteroatoms. The van der Waals surface area contributed by atoms with Crippen molar-refractivity contribution in [2.45, 2.75) is 27.7 Å². The topological polar surface area (TPSA) is 80.3 Å². The molecule has 0 bridgehead atoms. The molecule has 62 heavy (non-hydrogen) atoms. The molecular weight excluding hydrogens is 761 g/mol. The van der Waals surface area contributed by atoms with Crippen LogP contribution in [-0.2, 0) is 0 Å². The molecule has 11 rings (SSSR count). The highest BCUT2D eigenvalue weighted by Crippen LogP contribution is 2.46. The van der Waals surface area contributed by atoms with Crippen molar-refractivity contribution in [3.8, 4) is 12.1 Å². The van der Waals surface area contributed by atoms with Crippen LogP contribution in [0, 0.1) is 50.4 Å². The quantitative estimate of drug-likeness (QED) is 0.167. The lowest BCUT2D eigenvalue weighted by Gasteiger charge is -2.27. The van der Waals surface area contributed by atoms with Crippen LogP contribution in [0.4, 0.5) is 34.1 Å². The minimum Gasteiger partial charge on any atom is -0.454 e. The van der Waals surface area contributed by atoms with Crippen molar-refractivity contribution in [2.24, 2.45) is 0 Å². The summed E-state index contributed by atoms with van der Waals surface area (Å²) in [6.07, 6.45) is 0. The Labute approximate surface area is 358 Å². The zero-order valence-electron chi connectivity index (χ0n) is 34.6. The fourth-order valence-electron chi connectivity index (χ4n) is 9.15. The number of furan rings is 2. The molecule has 0 aliphatic heterocycles. The molecule has 0 amide bonds. The van der Waals surface area contributed by atoms with Gasteiger partial charge < -0.3 is 18.6 Å². The predicted molar refractivity (Wildman–Crippen MR) is 254 cm³/mol. The second-order valence-electron chi connectivity index (χ2n) is 16.3. The van der Waals surface area contributed by atoms with E-state index in [0.717, 1.165) is 77.6 Å². The van der Waals surface area contributed by atoms with Crippen LogP contribution in [-0.4, -0.2) is 0 Å². The minimum atomic E-state index is 0.270. The van der Waals surface area contributed by atoms with E-state index >= 15 is 0 Å². The van der Waals surface area contributed by atoms with Gasteiger partial charge in [-0.3, -0.25) is 0 Å². The number of hydrogen-bond donors (Lipinski definition) is 0. The number of rotatable bonds is 6. The van der Waals surface area contributed by atoms with Gasteiger partial charge in [-0.05, 0) is 156 Å². The summed E-state index contributed by atoms with van der Waals surface area (Å²) in [5, 5.41) is 28.4. The summed E-state index contributed by atoms with van der Waals surface area (Å²) in [7, 11) is 0. The van der Waals surface area contributed by atoms with Crippen molar-refractivity contribution < 1.29 is 8.83 Å². The number of benzene rings is 9. The highest BCUT2D eigenvalue weighted by molar-refractivity contribution is 6.24. The number of aryl methyl sites for hydroxylation is 4. The third kappa shape index (κ3) is 5.77. The van der Waals surface area contributed by atoms with Gasteiger partial charge in [0, 0.05) is 55.7 Å². The van der Waals surface area contributed by atoms with Crippen LogP contribution in [0.15, 0.2) is 167 Å². The van der Waals surface area contributed by atoms with E-state index in [1.54, 1.807) is 0 Å². The third-order valence-corrected chi connectivity index (χ3v) is 12.2. The van der Waals surface area contributed by atoms with E-state index in [1.807, 2.05) is 24.3 Å². The Hall–Kier alpha value is -8.32. The maximum absolute atomic E-state index is 11.0. The standard InChI is InChI=1S/C56H38N4O2/c1-33-15-17-35(3)49(23-33)59(41-11-7-5-8-12-41)43-21-19-37-27-45-51(29-39(37)25-43)61-55-48(32-58)56-54(47(31-57)53(45)55)46-28-38-20-22-44(26-40(38)30-52(46)62-56)60(42-13-9-6-10-14-42)50-24-34(2)16-18-36(50)4/h5-30H,1-4H3. The first-order valence-electron chi connectivity index (χ1n) is 20.7. The van der Waals surface area contributed by atoms with Crippen LogP contribution < -0.4 is 9.80 Å². The SMILES string of the molecule is Cc1ccc(C)c(N(c2ccccc2)c2ccc3cc4c(cc3c2)oc2c(C#N)c3oc5cc6cc(N(c7ccccc7)c7cc(C)ccc7C)ccc6cc5c3c(C#N)c24)c1. The maximum Gasteiger partial charge on any atom is 0.158 e. The molecule has 0 N–H and O–H groups in total. The van der Waals surface area contributed by atoms with Gasteiger partial charge in [0.1, 0.15) is 28.9 Å². The van der Waals surface area contributed by atoms with E-state index in [-0.39, 0.29) is 5.56 Å². The maximum atomic E-state index is 11.0. The number of fused-ring (bicyclic) bond motifs is 8. The molecule has 0 saturated carbocycles. The zero-order valence-corrected chi connectivity index (χ0v) is 34.6. The molecule has 2 aromatic heterocycles. The molecular formula is C56H38N4O2. The van der Waals surface area contributed by atoms with E-state index in [9.17, 15) is 10.5 Å². The Morgan fingerprint density at radius 1 is 0.403 bits per heavy atom.